The van der Waals surface area contributed by atoms with Crippen LogP contribution in [-0.2, 0) is 12.2 Å². The van der Waals surface area contributed by atoms with E-state index in [1.165, 1.54) is 0 Å². The average molecular weight is 550 g/mol. The lowest BCUT2D eigenvalue weighted by atomic mass is 10.0. The van der Waals surface area contributed by atoms with Crippen LogP contribution in [0, 0.1) is 27.7 Å². The molecule has 0 aromatic carbocycles. The Bertz CT molecular complexity index is 1510. The second-order valence-electron chi connectivity index (χ2n) is 9.28. The fourth-order valence-corrected chi connectivity index (χ4v) is 4.22. The Morgan fingerprint density at radius 1 is 1.03 bits per heavy atom. The predicted molar refractivity (Wildman–Crippen MR) is 141 cm³/mol. The number of rotatable bonds is 6. The molecule has 0 spiro atoms. The number of halogens is 1. The maximum absolute atomic E-state index is 13.5. The zero-order valence-corrected chi connectivity index (χ0v) is 22.7. The Morgan fingerprint density at radius 2 is 1.78 bits per heavy atom. The van der Waals surface area contributed by atoms with Crippen molar-refractivity contribution < 1.29 is 9.84 Å². The number of aromatic nitrogens is 5. The van der Waals surface area contributed by atoms with Crippen molar-refractivity contribution in [2.45, 2.75) is 53.8 Å². The molecule has 0 saturated carbocycles. The van der Waals surface area contributed by atoms with Crippen molar-refractivity contribution >= 4 is 15.9 Å². The van der Waals surface area contributed by atoms with Crippen LogP contribution < -0.4 is 10.3 Å². The summed E-state index contributed by atoms with van der Waals surface area (Å²) in [5, 5.41) is 10.4. The molecule has 0 radical (unpaired) electrons. The summed E-state index contributed by atoms with van der Waals surface area (Å²) in [6.45, 7) is 11.1. The zero-order chi connectivity index (χ0) is 26.2. The molecule has 0 bridgehead atoms. The third kappa shape index (κ3) is 5.22. The van der Waals surface area contributed by atoms with Crippen LogP contribution in [0.25, 0.3) is 17.1 Å². The molecule has 0 saturated heterocycles. The minimum atomic E-state index is -1.09. The van der Waals surface area contributed by atoms with E-state index in [0.29, 0.717) is 44.5 Å². The van der Waals surface area contributed by atoms with E-state index in [1.807, 2.05) is 45.9 Å². The lowest BCUT2D eigenvalue weighted by Crippen LogP contribution is -2.23. The van der Waals surface area contributed by atoms with Crippen LogP contribution >= 0.6 is 15.9 Å². The second-order valence-corrected chi connectivity index (χ2v) is 10.1. The second kappa shape index (κ2) is 9.91. The van der Waals surface area contributed by atoms with Crippen LogP contribution in [0.4, 0.5) is 0 Å². The minimum Gasteiger partial charge on any atom is -0.484 e. The van der Waals surface area contributed by atoms with Crippen molar-refractivity contribution in [2.24, 2.45) is 0 Å². The molecule has 8 nitrogen and oxygen atoms in total. The quantitative estimate of drug-likeness (QED) is 0.365. The number of pyridine rings is 3. The lowest BCUT2D eigenvalue weighted by molar-refractivity contribution is 0.0739. The number of ether oxygens (including phenoxy) is 1. The molecule has 0 unspecified atom stereocenters. The van der Waals surface area contributed by atoms with Gasteiger partial charge in [-0.05, 0) is 86.8 Å². The highest BCUT2D eigenvalue weighted by Gasteiger charge is 2.21. The Kier molecular flexibility index (Phi) is 7.06. The average Bonchev–Trinajstić information content (AvgIpc) is 2.81. The number of hydrogen-bond acceptors (Lipinski definition) is 7. The Morgan fingerprint density at radius 3 is 2.47 bits per heavy atom. The first kappa shape index (κ1) is 25.7. The molecule has 4 aromatic heterocycles. The summed E-state index contributed by atoms with van der Waals surface area (Å²) in [5.74, 6) is 0.954. The van der Waals surface area contributed by atoms with Gasteiger partial charge in [0, 0.05) is 29.8 Å². The smallest absolute Gasteiger partial charge is 0.273 e. The van der Waals surface area contributed by atoms with Gasteiger partial charge in [0.05, 0.1) is 22.8 Å². The Labute approximate surface area is 218 Å². The molecular weight excluding hydrogens is 522 g/mol. The molecule has 4 aromatic rings. The molecule has 0 fully saturated rings. The van der Waals surface area contributed by atoms with Gasteiger partial charge in [0.15, 0.2) is 5.82 Å². The first-order valence-electron chi connectivity index (χ1n) is 11.5. The van der Waals surface area contributed by atoms with Crippen LogP contribution in [-0.4, -0.2) is 29.6 Å². The van der Waals surface area contributed by atoms with Gasteiger partial charge in [-0.2, -0.15) is 0 Å². The van der Waals surface area contributed by atoms with E-state index in [9.17, 15) is 9.90 Å². The lowest BCUT2D eigenvalue weighted by Gasteiger charge is -2.19. The molecule has 4 heterocycles. The van der Waals surface area contributed by atoms with E-state index < -0.39 is 5.60 Å². The van der Waals surface area contributed by atoms with E-state index in [2.05, 4.69) is 35.9 Å². The highest BCUT2D eigenvalue weighted by Crippen LogP contribution is 2.29. The number of hydrogen-bond donors (Lipinski definition) is 1. The molecule has 0 aliphatic heterocycles. The van der Waals surface area contributed by atoms with Crippen molar-refractivity contribution in [1.82, 2.24) is 24.5 Å². The normalized spacial score (nSPS) is 11.6. The van der Waals surface area contributed by atoms with E-state index in [0.717, 1.165) is 16.8 Å². The molecule has 4 rings (SSSR count). The summed E-state index contributed by atoms with van der Waals surface area (Å²) in [6, 6.07) is 9.18. The molecule has 1 N–H and O–H groups in total. The predicted octanol–water partition coefficient (Wildman–Crippen LogP) is 4.89. The summed E-state index contributed by atoms with van der Waals surface area (Å²) in [4.78, 5) is 31.3. The number of aliphatic hydroxyl groups is 1. The first-order chi connectivity index (χ1) is 17.0. The van der Waals surface area contributed by atoms with E-state index in [4.69, 9.17) is 4.74 Å². The van der Waals surface area contributed by atoms with Crippen LogP contribution in [0.5, 0.6) is 5.75 Å². The van der Waals surface area contributed by atoms with Crippen molar-refractivity contribution in [2.75, 3.05) is 0 Å². The van der Waals surface area contributed by atoms with Crippen molar-refractivity contribution in [1.29, 1.82) is 0 Å². The van der Waals surface area contributed by atoms with Gasteiger partial charge in [-0.3, -0.25) is 14.3 Å². The van der Waals surface area contributed by atoms with Gasteiger partial charge >= 0.3 is 0 Å². The summed E-state index contributed by atoms with van der Waals surface area (Å²) >= 11 is 3.43. The van der Waals surface area contributed by atoms with E-state index >= 15 is 0 Å². The molecule has 0 aliphatic rings. The minimum absolute atomic E-state index is 0.143. The van der Waals surface area contributed by atoms with Crippen molar-refractivity contribution in [3.05, 3.63) is 91.6 Å². The molecule has 0 aliphatic carbocycles. The third-order valence-electron chi connectivity index (χ3n) is 5.78. The van der Waals surface area contributed by atoms with Crippen LogP contribution in [0.15, 0.2) is 52.0 Å². The maximum Gasteiger partial charge on any atom is 0.273 e. The monoisotopic (exact) mass is 549 g/mol. The van der Waals surface area contributed by atoms with Gasteiger partial charge in [0.2, 0.25) is 0 Å². The van der Waals surface area contributed by atoms with Crippen LogP contribution in [0.1, 0.15) is 47.9 Å². The fraction of sp³-hybridized carbons (Fsp3) is 0.296. The van der Waals surface area contributed by atoms with Crippen LogP contribution in [0.3, 0.4) is 0 Å². The van der Waals surface area contributed by atoms with Gasteiger partial charge in [-0.1, -0.05) is 6.07 Å². The van der Waals surface area contributed by atoms with E-state index in [-0.39, 0.29) is 12.2 Å². The van der Waals surface area contributed by atoms with Gasteiger partial charge in [-0.25, -0.2) is 15.0 Å². The van der Waals surface area contributed by atoms with E-state index in [1.54, 1.807) is 42.9 Å². The highest BCUT2D eigenvalue weighted by molar-refractivity contribution is 9.10. The standard InChI is InChI=1S/C27H28BrN5O3/c1-15-7-8-22(27(5,6)35)32-25(15)19-12-20(16(2)13-30-19)33-18(4)11-21(24(28)26(33)34)36-14-23-29-10-9-17(3)31-23/h7-13,35H,14H2,1-6H3. The van der Waals surface area contributed by atoms with Gasteiger partial charge in [0.25, 0.3) is 5.56 Å². The molecule has 9 heteroatoms. The molecule has 186 valence electrons. The summed E-state index contributed by atoms with van der Waals surface area (Å²) < 4.78 is 7.81. The highest BCUT2D eigenvalue weighted by atomic mass is 79.9. The van der Waals surface area contributed by atoms with Crippen LogP contribution in [0.2, 0.25) is 0 Å². The number of nitrogens with zero attached hydrogens (tertiary/aromatic N) is 5. The van der Waals surface area contributed by atoms with Crippen molar-refractivity contribution in [3.63, 3.8) is 0 Å². The molecule has 36 heavy (non-hydrogen) atoms. The first-order valence-corrected chi connectivity index (χ1v) is 12.3. The van der Waals surface area contributed by atoms with Gasteiger partial charge in [-0.15, -0.1) is 0 Å². The zero-order valence-electron chi connectivity index (χ0n) is 21.1. The molecule has 0 atom stereocenters. The SMILES string of the molecule is Cc1ccnc(COc2cc(C)n(-c3cc(-c4nc(C(C)(C)O)ccc4C)ncc3C)c(=O)c2Br)n1. The topological polar surface area (TPSA) is 103 Å². The van der Waals surface area contributed by atoms with Crippen molar-refractivity contribution in [3.8, 4) is 22.8 Å². The van der Waals surface area contributed by atoms with Gasteiger partial charge in [0.1, 0.15) is 22.4 Å². The third-order valence-corrected chi connectivity index (χ3v) is 6.51. The fourth-order valence-electron chi connectivity index (χ4n) is 3.81. The summed E-state index contributed by atoms with van der Waals surface area (Å²) in [5.41, 5.74) is 4.42. The maximum atomic E-state index is 13.5. The summed E-state index contributed by atoms with van der Waals surface area (Å²) in [6.07, 6.45) is 3.40. The molecular formula is C27H28BrN5O3. The Balaban J connectivity index is 1.75. The summed E-state index contributed by atoms with van der Waals surface area (Å²) in [7, 11) is 0. The van der Waals surface area contributed by atoms with Gasteiger partial charge < -0.3 is 9.84 Å². The molecule has 0 amide bonds. The number of aryl methyl sites for hydroxylation is 4. The largest absolute Gasteiger partial charge is 0.484 e. The Hall–Kier alpha value is -3.43.